The minimum atomic E-state index is -4.91. The summed E-state index contributed by atoms with van der Waals surface area (Å²) in [5.41, 5.74) is 0.675. The maximum atomic E-state index is 13.5. The Kier molecular flexibility index (Phi) is 3.99. The molecule has 9 heteroatoms. The minimum Gasteiger partial charge on any atom is -0.360 e. The van der Waals surface area contributed by atoms with Gasteiger partial charge in [-0.2, -0.15) is 13.2 Å². The minimum absolute atomic E-state index is 0.0820. The van der Waals surface area contributed by atoms with Gasteiger partial charge in [-0.15, -0.1) is 0 Å². The van der Waals surface area contributed by atoms with E-state index >= 15 is 0 Å². The van der Waals surface area contributed by atoms with Gasteiger partial charge in [0.05, 0.1) is 0 Å². The number of hydrogen-bond acceptors (Lipinski definition) is 3. The fraction of sp³-hybridized carbons (Fsp3) is 0.769. The number of piperidine rings is 1. The molecule has 1 aromatic rings. The topological polar surface area (TPSA) is 29.3 Å². The van der Waals surface area contributed by atoms with Crippen LogP contribution in [0.3, 0.4) is 0 Å². The molecule has 1 aliphatic heterocycles. The van der Waals surface area contributed by atoms with Crippen LogP contribution in [0.25, 0.3) is 0 Å². The smallest absolute Gasteiger partial charge is 0.360 e. The third-order valence-electron chi connectivity index (χ3n) is 4.21. The number of likely N-dealkylation sites (tertiary alicyclic amines) is 1. The zero-order valence-electron chi connectivity index (χ0n) is 11.5. The SMILES string of the molecule is FC(F)(F)C1CN(Cc2c(Br)noc2C2CC2)CCC1(F)F. The second kappa shape index (κ2) is 5.43. The fourth-order valence-electron chi connectivity index (χ4n) is 2.79. The van der Waals surface area contributed by atoms with Crippen LogP contribution < -0.4 is 0 Å². The van der Waals surface area contributed by atoms with E-state index in [1.165, 1.54) is 4.90 Å². The molecule has 0 radical (unpaired) electrons. The van der Waals surface area contributed by atoms with Gasteiger partial charge in [0.15, 0.2) is 4.60 Å². The first-order valence-corrected chi connectivity index (χ1v) is 7.78. The van der Waals surface area contributed by atoms with Crippen molar-refractivity contribution in [3.05, 3.63) is 15.9 Å². The molecule has 22 heavy (non-hydrogen) atoms. The van der Waals surface area contributed by atoms with E-state index in [2.05, 4.69) is 21.1 Å². The normalized spacial score (nSPS) is 26.4. The summed E-state index contributed by atoms with van der Waals surface area (Å²) < 4.78 is 71.2. The van der Waals surface area contributed by atoms with E-state index in [9.17, 15) is 22.0 Å². The van der Waals surface area contributed by atoms with E-state index < -0.39 is 31.0 Å². The average Bonchev–Trinajstić information content (AvgIpc) is 3.17. The molecule has 0 aromatic carbocycles. The maximum absolute atomic E-state index is 13.5. The van der Waals surface area contributed by atoms with Crippen LogP contribution in [0, 0.1) is 5.92 Å². The summed E-state index contributed by atoms with van der Waals surface area (Å²) in [6.07, 6.45) is -3.79. The van der Waals surface area contributed by atoms with Crippen molar-refractivity contribution in [1.82, 2.24) is 10.1 Å². The van der Waals surface area contributed by atoms with Crippen LogP contribution in [0.2, 0.25) is 0 Å². The molecule has 1 saturated carbocycles. The zero-order valence-corrected chi connectivity index (χ0v) is 13.1. The van der Waals surface area contributed by atoms with Crippen LogP contribution in [-0.2, 0) is 6.54 Å². The van der Waals surface area contributed by atoms with Crippen LogP contribution in [-0.4, -0.2) is 35.2 Å². The molecule has 1 aromatic heterocycles. The van der Waals surface area contributed by atoms with Crippen molar-refractivity contribution in [3.8, 4) is 0 Å². The first-order chi connectivity index (χ1) is 10.2. The van der Waals surface area contributed by atoms with Gasteiger partial charge in [0.1, 0.15) is 11.7 Å². The van der Waals surface area contributed by atoms with Crippen molar-refractivity contribution in [2.75, 3.05) is 13.1 Å². The molecule has 2 fully saturated rings. The summed E-state index contributed by atoms with van der Waals surface area (Å²) in [7, 11) is 0. The monoisotopic (exact) mass is 388 g/mol. The lowest BCUT2D eigenvalue weighted by atomic mass is 9.92. The second-order valence-electron chi connectivity index (χ2n) is 5.93. The maximum Gasteiger partial charge on any atom is 0.398 e. The Morgan fingerprint density at radius 3 is 2.59 bits per heavy atom. The van der Waals surface area contributed by atoms with E-state index in [4.69, 9.17) is 4.52 Å². The van der Waals surface area contributed by atoms with Crippen molar-refractivity contribution < 1.29 is 26.5 Å². The first-order valence-electron chi connectivity index (χ1n) is 6.99. The fourth-order valence-corrected chi connectivity index (χ4v) is 3.18. The van der Waals surface area contributed by atoms with Crippen molar-refractivity contribution in [3.63, 3.8) is 0 Å². The molecule has 0 amide bonds. The third kappa shape index (κ3) is 3.15. The number of hydrogen-bond donors (Lipinski definition) is 0. The molecular formula is C13H14BrF5N2O. The highest BCUT2D eigenvalue weighted by molar-refractivity contribution is 9.10. The molecule has 3 nitrogen and oxygen atoms in total. The van der Waals surface area contributed by atoms with Gasteiger partial charge in [0, 0.05) is 37.5 Å². The lowest BCUT2D eigenvalue weighted by Gasteiger charge is -2.39. The van der Waals surface area contributed by atoms with Crippen molar-refractivity contribution >= 4 is 15.9 Å². The molecule has 1 aliphatic carbocycles. The molecule has 2 heterocycles. The van der Waals surface area contributed by atoms with Gasteiger partial charge in [-0.1, -0.05) is 5.16 Å². The molecule has 1 atom stereocenters. The Bertz CT molecular complexity index is 555. The van der Waals surface area contributed by atoms with Crippen molar-refractivity contribution in [2.45, 2.75) is 43.8 Å². The van der Waals surface area contributed by atoms with E-state index in [0.29, 0.717) is 15.9 Å². The summed E-state index contributed by atoms with van der Waals surface area (Å²) in [5, 5.41) is 3.78. The van der Waals surface area contributed by atoms with Crippen molar-refractivity contribution in [2.24, 2.45) is 5.92 Å². The Morgan fingerprint density at radius 1 is 1.32 bits per heavy atom. The Hall–Kier alpha value is -0.700. The molecule has 124 valence electrons. The Morgan fingerprint density at radius 2 is 2.00 bits per heavy atom. The van der Waals surface area contributed by atoms with Gasteiger partial charge < -0.3 is 4.52 Å². The third-order valence-corrected chi connectivity index (χ3v) is 4.83. The van der Waals surface area contributed by atoms with Gasteiger partial charge in [0.25, 0.3) is 5.92 Å². The van der Waals surface area contributed by atoms with Crippen LogP contribution in [0.5, 0.6) is 0 Å². The predicted octanol–water partition coefficient (Wildman–Crippen LogP) is 4.33. The summed E-state index contributed by atoms with van der Waals surface area (Å²) in [6.45, 7) is -0.655. The highest BCUT2D eigenvalue weighted by Crippen LogP contribution is 2.46. The van der Waals surface area contributed by atoms with Crippen LogP contribution in [0.15, 0.2) is 9.13 Å². The highest BCUT2D eigenvalue weighted by Gasteiger charge is 2.57. The standard InChI is InChI=1S/C13H14BrF5N2O/c14-11-8(10(22-20-11)7-1-2-7)5-21-4-3-12(15,16)9(6-21)13(17,18)19/h7,9H,1-6H2. The quantitative estimate of drug-likeness (QED) is 0.721. The molecule has 3 rings (SSSR count). The van der Waals surface area contributed by atoms with Gasteiger partial charge in [0.2, 0.25) is 0 Å². The second-order valence-corrected chi connectivity index (χ2v) is 6.68. The van der Waals surface area contributed by atoms with Crippen molar-refractivity contribution in [1.29, 1.82) is 0 Å². The molecule has 1 saturated heterocycles. The largest absolute Gasteiger partial charge is 0.398 e. The van der Waals surface area contributed by atoms with Gasteiger partial charge in [-0.3, -0.25) is 4.90 Å². The predicted molar refractivity (Wildman–Crippen MR) is 70.6 cm³/mol. The first kappa shape index (κ1) is 16.2. The van der Waals surface area contributed by atoms with E-state index in [0.717, 1.165) is 12.8 Å². The number of aromatic nitrogens is 1. The van der Waals surface area contributed by atoms with Crippen LogP contribution in [0.4, 0.5) is 22.0 Å². The number of rotatable bonds is 3. The Labute approximate surface area is 131 Å². The highest BCUT2D eigenvalue weighted by atomic mass is 79.9. The molecule has 0 spiro atoms. The van der Waals surface area contributed by atoms with Gasteiger partial charge in [-0.05, 0) is 28.8 Å². The molecule has 1 unspecified atom stereocenters. The van der Waals surface area contributed by atoms with E-state index in [-0.39, 0.29) is 19.0 Å². The number of nitrogens with zero attached hydrogens (tertiary/aromatic N) is 2. The van der Waals surface area contributed by atoms with Crippen LogP contribution in [0.1, 0.15) is 36.5 Å². The molecular weight excluding hydrogens is 375 g/mol. The summed E-state index contributed by atoms with van der Waals surface area (Å²) in [5.74, 6) is -5.43. The summed E-state index contributed by atoms with van der Waals surface area (Å²) in [6, 6.07) is 0. The van der Waals surface area contributed by atoms with Gasteiger partial charge >= 0.3 is 6.18 Å². The number of halogens is 6. The van der Waals surface area contributed by atoms with Gasteiger partial charge in [-0.25, -0.2) is 8.78 Å². The summed E-state index contributed by atoms with van der Waals surface area (Å²) >= 11 is 3.22. The van der Waals surface area contributed by atoms with Crippen LogP contribution >= 0.6 is 15.9 Å². The van der Waals surface area contributed by atoms with E-state index in [1.807, 2.05) is 0 Å². The zero-order chi connectivity index (χ0) is 16.1. The lowest BCUT2D eigenvalue weighted by Crippen LogP contribution is -2.52. The average molecular weight is 389 g/mol. The molecule has 2 aliphatic rings. The summed E-state index contributed by atoms with van der Waals surface area (Å²) in [4.78, 5) is 1.40. The van der Waals surface area contributed by atoms with E-state index in [1.54, 1.807) is 0 Å². The number of alkyl halides is 5. The lowest BCUT2D eigenvalue weighted by molar-refractivity contribution is -0.258. The Balaban J connectivity index is 1.75. The molecule has 0 bridgehead atoms. The molecule has 0 N–H and O–H groups in total.